The molecule has 0 radical (unpaired) electrons. The lowest BCUT2D eigenvalue weighted by molar-refractivity contribution is 0.0696. The van der Waals surface area contributed by atoms with Crippen LogP contribution in [0.25, 0.3) is 0 Å². The molecule has 1 heterocycles. The zero-order valence-corrected chi connectivity index (χ0v) is 14.3. The Morgan fingerprint density at radius 1 is 0.960 bits per heavy atom. The molecule has 1 fully saturated rings. The summed E-state index contributed by atoms with van der Waals surface area (Å²) in [5.74, 6) is 0.0459. The highest BCUT2D eigenvalue weighted by Crippen LogP contribution is 2.12. The van der Waals surface area contributed by atoms with E-state index >= 15 is 0 Å². The zero-order chi connectivity index (χ0) is 17.5. The Balaban J connectivity index is 1.40. The summed E-state index contributed by atoms with van der Waals surface area (Å²) in [6.45, 7) is 6.43. The fraction of sp³-hybridized carbons (Fsp3) is 0.350. The second-order valence-electron chi connectivity index (χ2n) is 6.28. The van der Waals surface area contributed by atoms with Gasteiger partial charge in [-0.05, 0) is 29.8 Å². The Morgan fingerprint density at radius 3 is 2.40 bits per heavy atom. The first-order valence-electron chi connectivity index (χ1n) is 8.65. The van der Waals surface area contributed by atoms with Crippen molar-refractivity contribution in [2.45, 2.75) is 6.54 Å². The van der Waals surface area contributed by atoms with E-state index in [1.165, 1.54) is 0 Å². The second-order valence-corrected chi connectivity index (χ2v) is 6.28. The maximum atomic E-state index is 11.1. The summed E-state index contributed by atoms with van der Waals surface area (Å²) in [5, 5.41) is 9.08. The summed E-state index contributed by atoms with van der Waals surface area (Å²) in [6, 6.07) is 17.1. The number of carboxylic acids is 1. The van der Waals surface area contributed by atoms with E-state index in [9.17, 15) is 4.79 Å². The minimum atomic E-state index is -0.870. The zero-order valence-electron chi connectivity index (χ0n) is 14.3. The summed E-state index contributed by atoms with van der Waals surface area (Å²) >= 11 is 0. The van der Waals surface area contributed by atoms with Crippen molar-refractivity contribution in [2.75, 3.05) is 39.3 Å². The molecule has 0 aliphatic carbocycles. The van der Waals surface area contributed by atoms with E-state index in [0.29, 0.717) is 12.2 Å². The normalized spacial score (nSPS) is 15.8. The molecule has 0 atom stereocenters. The van der Waals surface area contributed by atoms with Crippen LogP contribution < -0.4 is 4.74 Å². The highest BCUT2D eigenvalue weighted by molar-refractivity contribution is 5.87. The van der Waals surface area contributed by atoms with Gasteiger partial charge in [-0.25, -0.2) is 4.79 Å². The molecule has 25 heavy (non-hydrogen) atoms. The number of hydrogen-bond acceptors (Lipinski definition) is 4. The van der Waals surface area contributed by atoms with Crippen molar-refractivity contribution in [3.63, 3.8) is 0 Å². The van der Waals surface area contributed by atoms with Gasteiger partial charge in [0.15, 0.2) is 0 Å². The van der Waals surface area contributed by atoms with Gasteiger partial charge in [-0.15, -0.1) is 0 Å². The Bertz CT molecular complexity index is 682. The number of piperazine rings is 1. The summed E-state index contributed by atoms with van der Waals surface area (Å²) in [5.41, 5.74) is 1.41. The SMILES string of the molecule is O=C(O)c1cccc(CN2CCN(CCOc3ccccc3)CC2)c1. The van der Waals surface area contributed by atoms with Gasteiger partial charge in [-0.2, -0.15) is 0 Å². The van der Waals surface area contributed by atoms with Gasteiger partial charge in [0, 0.05) is 39.3 Å². The van der Waals surface area contributed by atoms with Crippen molar-refractivity contribution in [1.29, 1.82) is 0 Å². The molecule has 1 aliphatic heterocycles. The average molecular weight is 340 g/mol. The van der Waals surface area contributed by atoms with E-state index in [1.54, 1.807) is 12.1 Å². The number of carbonyl (C=O) groups is 1. The van der Waals surface area contributed by atoms with Crippen LogP contribution in [0.4, 0.5) is 0 Å². The maximum Gasteiger partial charge on any atom is 0.335 e. The Morgan fingerprint density at radius 2 is 1.68 bits per heavy atom. The van der Waals surface area contributed by atoms with E-state index in [4.69, 9.17) is 9.84 Å². The third kappa shape index (κ3) is 5.31. The summed E-state index contributed by atoms with van der Waals surface area (Å²) in [6.07, 6.45) is 0. The first kappa shape index (κ1) is 17.5. The van der Waals surface area contributed by atoms with E-state index in [0.717, 1.165) is 50.6 Å². The van der Waals surface area contributed by atoms with Gasteiger partial charge >= 0.3 is 5.97 Å². The molecule has 0 spiro atoms. The van der Waals surface area contributed by atoms with Crippen LogP contribution in [0.1, 0.15) is 15.9 Å². The number of carboxylic acid groups (broad SMARTS) is 1. The minimum Gasteiger partial charge on any atom is -0.492 e. The predicted molar refractivity (Wildman–Crippen MR) is 97.1 cm³/mol. The number of rotatable bonds is 7. The molecule has 3 rings (SSSR count). The molecule has 132 valence electrons. The van der Waals surface area contributed by atoms with E-state index in [2.05, 4.69) is 9.80 Å². The Hall–Kier alpha value is -2.37. The third-order valence-electron chi connectivity index (χ3n) is 4.46. The van der Waals surface area contributed by atoms with Gasteiger partial charge in [0.1, 0.15) is 12.4 Å². The molecule has 5 nitrogen and oxygen atoms in total. The lowest BCUT2D eigenvalue weighted by Crippen LogP contribution is -2.47. The average Bonchev–Trinajstić information content (AvgIpc) is 2.64. The number of aromatic carboxylic acids is 1. The van der Waals surface area contributed by atoms with Crippen LogP contribution >= 0.6 is 0 Å². The Kier molecular flexibility index (Phi) is 6.04. The van der Waals surface area contributed by atoms with E-state index in [-0.39, 0.29) is 0 Å². The summed E-state index contributed by atoms with van der Waals surface area (Å²) < 4.78 is 5.76. The van der Waals surface area contributed by atoms with Gasteiger partial charge < -0.3 is 9.84 Å². The predicted octanol–water partition coefficient (Wildman–Crippen LogP) is 2.58. The molecular formula is C20H24N2O3. The van der Waals surface area contributed by atoms with Crippen LogP contribution in [0.3, 0.4) is 0 Å². The molecule has 1 N–H and O–H groups in total. The van der Waals surface area contributed by atoms with Crippen LogP contribution in [0.5, 0.6) is 5.75 Å². The van der Waals surface area contributed by atoms with Gasteiger partial charge in [0.25, 0.3) is 0 Å². The molecule has 1 aliphatic rings. The molecule has 0 bridgehead atoms. The van der Waals surface area contributed by atoms with Crippen LogP contribution in [0.2, 0.25) is 0 Å². The third-order valence-corrected chi connectivity index (χ3v) is 4.46. The smallest absolute Gasteiger partial charge is 0.335 e. The maximum absolute atomic E-state index is 11.1. The van der Waals surface area contributed by atoms with Crippen molar-refractivity contribution in [3.05, 3.63) is 65.7 Å². The monoisotopic (exact) mass is 340 g/mol. The molecular weight excluding hydrogens is 316 g/mol. The topological polar surface area (TPSA) is 53.0 Å². The molecule has 0 aromatic heterocycles. The van der Waals surface area contributed by atoms with Gasteiger partial charge in [0.2, 0.25) is 0 Å². The van der Waals surface area contributed by atoms with Crippen molar-refractivity contribution >= 4 is 5.97 Å². The quantitative estimate of drug-likeness (QED) is 0.840. The first-order chi connectivity index (χ1) is 12.2. The molecule has 2 aromatic carbocycles. The van der Waals surface area contributed by atoms with Crippen LogP contribution in [0, 0.1) is 0 Å². The Labute approximate surface area is 148 Å². The van der Waals surface area contributed by atoms with E-state index in [1.807, 2.05) is 42.5 Å². The van der Waals surface area contributed by atoms with Gasteiger partial charge in [-0.1, -0.05) is 30.3 Å². The lowest BCUT2D eigenvalue weighted by Gasteiger charge is -2.34. The number of para-hydroxylation sites is 1. The van der Waals surface area contributed by atoms with Gasteiger partial charge in [-0.3, -0.25) is 9.80 Å². The van der Waals surface area contributed by atoms with Crippen molar-refractivity contribution in [3.8, 4) is 5.75 Å². The van der Waals surface area contributed by atoms with Crippen molar-refractivity contribution in [2.24, 2.45) is 0 Å². The van der Waals surface area contributed by atoms with Crippen molar-refractivity contribution in [1.82, 2.24) is 9.80 Å². The second kappa shape index (κ2) is 8.65. The molecule has 5 heteroatoms. The van der Waals surface area contributed by atoms with Crippen LogP contribution in [-0.4, -0.2) is 60.2 Å². The number of ether oxygens (including phenoxy) is 1. The largest absolute Gasteiger partial charge is 0.492 e. The number of nitrogens with zero attached hydrogens (tertiary/aromatic N) is 2. The number of benzene rings is 2. The minimum absolute atomic E-state index is 0.356. The van der Waals surface area contributed by atoms with Gasteiger partial charge in [0.05, 0.1) is 5.56 Å². The molecule has 0 unspecified atom stereocenters. The molecule has 2 aromatic rings. The molecule has 1 saturated heterocycles. The summed E-state index contributed by atoms with van der Waals surface area (Å²) in [7, 11) is 0. The van der Waals surface area contributed by atoms with Crippen LogP contribution in [-0.2, 0) is 6.54 Å². The highest BCUT2D eigenvalue weighted by atomic mass is 16.5. The summed E-state index contributed by atoms with van der Waals surface area (Å²) in [4.78, 5) is 15.8. The van der Waals surface area contributed by atoms with Crippen LogP contribution in [0.15, 0.2) is 54.6 Å². The molecule has 0 saturated carbocycles. The fourth-order valence-corrected chi connectivity index (χ4v) is 3.04. The lowest BCUT2D eigenvalue weighted by atomic mass is 10.1. The highest BCUT2D eigenvalue weighted by Gasteiger charge is 2.17. The standard InChI is InChI=1S/C20H24N2O3/c23-20(24)18-6-4-5-17(15-18)16-22-11-9-21(10-12-22)13-14-25-19-7-2-1-3-8-19/h1-8,15H,9-14,16H2,(H,23,24). The van der Waals surface area contributed by atoms with Crippen molar-refractivity contribution < 1.29 is 14.6 Å². The van der Waals surface area contributed by atoms with E-state index < -0.39 is 5.97 Å². The number of hydrogen-bond donors (Lipinski definition) is 1. The fourth-order valence-electron chi connectivity index (χ4n) is 3.04. The first-order valence-corrected chi connectivity index (χ1v) is 8.65. The molecule has 0 amide bonds.